The number of hydrogen-bond donors (Lipinski definition) is 1. The van der Waals surface area contributed by atoms with Gasteiger partial charge in [0, 0.05) is 31.4 Å². The summed E-state index contributed by atoms with van der Waals surface area (Å²) in [6.45, 7) is 3.11. The van der Waals surface area contributed by atoms with Crippen LogP contribution in [0, 0.1) is 0 Å². The summed E-state index contributed by atoms with van der Waals surface area (Å²) >= 11 is 0. The topological polar surface area (TPSA) is 38.5 Å². The van der Waals surface area contributed by atoms with Crippen molar-refractivity contribution in [2.75, 3.05) is 12.3 Å². The Labute approximate surface area is 121 Å². The Hall–Kier alpha value is -1.06. The first-order valence-electron chi connectivity index (χ1n) is 7.99. The third-order valence-electron chi connectivity index (χ3n) is 5.48. The average molecular weight is 272 g/mol. The Bertz CT molecular complexity index is 508. The van der Waals surface area contributed by atoms with Gasteiger partial charge in [0.25, 0.3) is 0 Å². The van der Waals surface area contributed by atoms with Gasteiger partial charge in [-0.15, -0.1) is 0 Å². The second kappa shape index (κ2) is 4.74. The molecule has 0 aromatic heterocycles. The summed E-state index contributed by atoms with van der Waals surface area (Å²) in [5, 5.41) is 0. The van der Waals surface area contributed by atoms with Crippen LogP contribution in [0.4, 0.5) is 5.69 Å². The van der Waals surface area contributed by atoms with Crippen molar-refractivity contribution in [3.05, 3.63) is 29.3 Å². The van der Waals surface area contributed by atoms with Crippen LogP contribution >= 0.6 is 0 Å². The zero-order chi connectivity index (χ0) is 13.6. The Morgan fingerprint density at radius 3 is 2.80 bits per heavy atom. The van der Waals surface area contributed by atoms with Crippen LogP contribution < -0.4 is 5.73 Å². The van der Waals surface area contributed by atoms with Gasteiger partial charge in [-0.2, -0.15) is 0 Å². The zero-order valence-corrected chi connectivity index (χ0v) is 12.1. The van der Waals surface area contributed by atoms with E-state index in [1.54, 1.807) is 0 Å². The summed E-state index contributed by atoms with van der Waals surface area (Å²) in [6, 6.07) is 7.08. The van der Waals surface area contributed by atoms with Gasteiger partial charge in [-0.3, -0.25) is 4.90 Å². The van der Waals surface area contributed by atoms with Crippen molar-refractivity contribution in [3.8, 4) is 0 Å². The molecule has 1 atom stereocenters. The summed E-state index contributed by atoms with van der Waals surface area (Å²) < 4.78 is 6.17. The van der Waals surface area contributed by atoms with Gasteiger partial charge in [0.2, 0.25) is 0 Å². The first kappa shape index (κ1) is 12.7. The van der Waals surface area contributed by atoms with E-state index in [-0.39, 0.29) is 5.60 Å². The van der Waals surface area contributed by atoms with Crippen LogP contribution in [-0.4, -0.2) is 23.1 Å². The van der Waals surface area contributed by atoms with Gasteiger partial charge in [-0.1, -0.05) is 18.9 Å². The molecule has 1 saturated heterocycles. The molecular formula is C17H24N2O. The number of nitrogen functional groups attached to an aromatic ring is 1. The Kier molecular flexibility index (Phi) is 3.00. The molecular weight excluding hydrogens is 248 g/mol. The van der Waals surface area contributed by atoms with Gasteiger partial charge in [0.1, 0.15) is 0 Å². The Morgan fingerprint density at radius 1 is 1.15 bits per heavy atom. The largest absolute Gasteiger partial charge is 0.399 e. The van der Waals surface area contributed by atoms with E-state index in [4.69, 9.17) is 10.5 Å². The van der Waals surface area contributed by atoms with Crippen molar-refractivity contribution in [1.82, 2.24) is 4.90 Å². The first-order valence-corrected chi connectivity index (χ1v) is 7.99. The molecule has 2 N–H and O–H groups in total. The first-order chi connectivity index (χ1) is 9.74. The minimum Gasteiger partial charge on any atom is -0.399 e. The van der Waals surface area contributed by atoms with Crippen molar-refractivity contribution in [2.24, 2.45) is 0 Å². The van der Waals surface area contributed by atoms with Gasteiger partial charge in [-0.25, -0.2) is 0 Å². The molecule has 3 heteroatoms. The molecule has 108 valence electrons. The molecule has 1 saturated carbocycles. The summed E-state index contributed by atoms with van der Waals surface area (Å²) in [6.07, 6.45) is 7.67. The lowest BCUT2D eigenvalue weighted by Crippen LogP contribution is -2.45. The van der Waals surface area contributed by atoms with E-state index in [0.717, 1.165) is 25.4 Å². The lowest BCUT2D eigenvalue weighted by Gasteiger charge is -2.41. The Morgan fingerprint density at radius 2 is 1.95 bits per heavy atom. The molecule has 4 rings (SSSR count). The second-order valence-corrected chi connectivity index (χ2v) is 6.82. The van der Waals surface area contributed by atoms with E-state index in [1.807, 2.05) is 6.07 Å². The van der Waals surface area contributed by atoms with Gasteiger partial charge in [-0.05, 0) is 48.9 Å². The molecule has 1 aromatic rings. The molecule has 0 radical (unpaired) electrons. The van der Waals surface area contributed by atoms with Crippen molar-refractivity contribution >= 4 is 5.69 Å². The van der Waals surface area contributed by atoms with Crippen LogP contribution in [0.2, 0.25) is 0 Å². The number of rotatable bonds is 1. The van der Waals surface area contributed by atoms with Crippen LogP contribution in [0.1, 0.15) is 49.7 Å². The van der Waals surface area contributed by atoms with Gasteiger partial charge < -0.3 is 10.5 Å². The zero-order valence-electron chi connectivity index (χ0n) is 12.1. The summed E-state index contributed by atoms with van der Waals surface area (Å²) in [5.41, 5.74) is 9.91. The number of ether oxygens (including phenoxy) is 1. The summed E-state index contributed by atoms with van der Waals surface area (Å²) in [4.78, 5) is 2.65. The lowest BCUT2D eigenvalue weighted by atomic mass is 9.88. The highest BCUT2D eigenvalue weighted by Crippen LogP contribution is 2.42. The van der Waals surface area contributed by atoms with Crippen molar-refractivity contribution in [3.63, 3.8) is 0 Å². The number of fused-ring (bicyclic) bond motifs is 1. The fourth-order valence-electron chi connectivity index (χ4n) is 4.38. The minimum absolute atomic E-state index is 0.219. The highest BCUT2D eigenvalue weighted by molar-refractivity contribution is 5.46. The normalized spacial score (nSPS) is 28.9. The standard InChI is InChI=1S/C17H24N2O/c18-15-4-3-13-11-19(12-14(13)9-15)16-5-8-20-17(10-16)6-1-2-7-17/h3-4,9,16H,1-2,5-8,10-12,18H2. The smallest absolute Gasteiger partial charge is 0.0697 e. The maximum Gasteiger partial charge on any atom is 0.0697 e. The highest BCUT2D eigenvalue weighted by atomic mass is 16.5. The molecule has 2 fully saturated rings. The fraction of sp³-hybridized carbons (Fsp3) is 0.647. The predicted octanol–water partition coefficient (Wildman–Crippen LogP) is 3.08. The molecule has 1 aromatic carbocycles. The SMILES string of the molecule is Nc1ccc2c(c1)CN(C1CCOC3(CCCC3)C1)C2. The molecule has 2 aliphatic heterocycles. The number of nitrogens with zero attached hydrogens (tertiary/aromatic N) is 1. The molecule has 2 heterocycles. The molecule has 1 unspecified atom stereocenters. The van der Waals surface area contributed by atoms with E-state index >= 15 is 0 Å². The van der Waals surface area contributed by atoms with E-state index < -0.39 is 0 Å². The second-order valence-electron chi connectivity index (χ2n) is 6.82. The van der Waals surface area contributed by atoms with Gasteiger partial charge in [0.05, 0.1) is 5.60 Å². The van der Waals surface area contributed by atoms with Gasteiger partial charge >= 0.3 is 0 Å². The number of anilines is 1. The number of hydrogen-bond acceptors (Lipinski definition) is 3. The predicted molar refractivity (Wildman–Crippen MR) is 80.3 cm³/mol. The van der Waals surface area contributed by atoms with Crippen LogP contribution in [0.15, 0.2) is 18.2 Å². The van der Waals surface area contributed by atoms with E-state index in [9.17, 15) is 0 Å². The maximum atomic E-state index is 6.17. The van der Waals surface area contributed by atoms with Crippen LogP contribution in [-0.2, 0) is 17.8 Å². The third kappa shape index (κ3) is 2.13. The third-order valence-corrected chi connectivity index (χ3v) is 5.48. The Balaban J connectivity index is 1.49. The van der Waals surface area contributed by atoms with Crippen molar-refractivity contribution in [2.45, 2.75) is 63.3 Å². The maximum absolute atomic E-state index is 6.17. The summed E-state index contributed by atoms with van der Waals surface area (Å²) in [7, 11) is 0. The molecule has 0 amide bonds. The van der Waals surface area contributed by atoms with E-state index in [1.165, 1.54) is 49.7 Å². The lowest BCUT2D eigenvalue weighted by molar-refractivity contribution is -0.102. The van der Waals surface area contributed by atoms with Crippen molar-refractivity contribution < 1.29 is 4.74 Å². The molecule has 3 nitrogen and oxygen atoms in total. The average Bonchev–Trinajstić information content (AvgIpc) is 3.05. The molecule has 1 spiro atoms. The van der Waals surface area contributed by atoms with Crippen LogP contribution in [0.3, 0.4) is 0 Å². The molecule has 1 aliphatic carbocycles. The highest BCUT2D eigenvalue weighted by Gasteiger charge is 2.42. The van der Waals surface area contributed by atoms with Crippen LogP contribution in [0.25, 0.3) is 0 Å². The van der Waals surface area contributed by atoms with Crippen LogP contribution in [0.5, 0.6) is 0 Å². The quantitative estimate of drug-likeness (QED) is 0.798. The number of nitrogens with two attached hydrogens (primary N) is 1. The minimum atomic E-state index is 0.219. The van der Waals surface area contributed by atoms with E-state index in [0.29, 0.717) is 6.04 Å². The van der Waals surface area contributed by atoms with E-state index in [2.05, 4.69) is 17.0 Å². The monoisotopic (exact) mass is 272 g/mol. The number of benzene rings is 1. The van der Waals surface area contributed by atoms with Crippen molar-refractivity contribution in [1.29, 1.82) is 0 Å². The molecule has 3 aliphatic rings. The fourth-order valence-corrected chi connectivity index (χ4v) is 4.38. The van der Waals surface area contributed by atoms with Gasteiger partial charge in [0.15, 0.2) is 0 Å². The summed E-state index contributed by atoms with van der Waals surface area (Å²) in [5.74, 6) is 0. The molecule has 20 heavy (non-hydrogen) atoms. The molecule has 0 bridgehead atoms.